The lowest BCUT2D eigenvalue weighted by Gasteiger charge is -2.12. The lowest BCUT2D eigenvalue weighted by molar-refractivity contribution is 0.297. The van der Waals surface area contributed by atoms with Crippen LogP contribution in [0.4, 0.5) is 5.82 Å². The van der Waals surface area contributed by atoms with Crippen LogP contribution < -0.4 is 16.0 Å². The van der Waals surface area contributed by atoms with Crippen molar-refractivity contribution in [2.45, 2.75) is 20.5 Å². The number of hydrogen-bond acceptors (Lipinski definition) is 4. The number of nitrogens with one attached hydrogen (secondary N) is 1. The topological polar surface area (TPSA) is 60.2 Å². The predicted octanol–water partition coefficient (Wildman–Crippen LogP) is 3.22. The first-order valence-electron chi connectivity index (χ1n) is 5.92. The van der Waals surface area contributed by atoms with Gasteiger partial charge in [-0.05, 0) is 49.2 Å². The number of aryl methyl sites for hydroxylation is 2. The Kier molecular flexibility index (Phi) is 4.24. The molecule has 0 aliphatic heterocycles. The van der Waals surface area contributed by atoms with E-state index in [1.54, 1.807) is 6.07 Å². The number of pyridine rings is 1. The minimum absolute atomic E-state index is 0.388. The number of hydrazine groups is 1. The van der Waals surface area contributed by atoms with E-state index < -0.39 is 0 Å². The Balaban J connectivity index is 2.14. The number of nitrogen functional groups attached to an aromatic ring is 1. The molecule has 0 spiro atoms. The van der Waals surface area contributed by atoms with E-state index in [0.717, 1.165) is 27.6 Å². The van der Waals surface area contributed by atoms with Crippen molar-refractivity contribution in [1.82, 2.24) is 4.98 Å². The van der Waals surface area contributed by atoms with E-state index >= 15 is 0 Å². The molecule has 4 nitrogen and oxygen atoms in total. The van der Waals surface area contributed by atoms with Crippen LogP contribution in [0.15, 0.2) is 30.3 Å². The average Bonchev–Trinajstić information content (AvgIpc) is 2.37. The molecule has 0 amide bonds. The van der Waals surface area contributed by atoms with Crippen LogP contribution in [0.1, 0.15) is 16.8 Å². The molecule has 2 rings (SSSR count). The zero-order valence-corrected chi connectivity index (χ0v) is 11.7. The van der Waals surface area contributed by atoms with Crippen LogP contribution in [-0.4, -0.2) is 4.98 Å². The number of hydrogen-bond donors (Lipinski definition) is 2. The molecule has 0 fully saturated rings. The minimum Gasteiger partial charge on any atom is -0.487 e. The molecule has 5 heteroatoms. The summed E-state index contributed by atoms with van der Waals surface area (Å²) in [6, 6.07) is 9.33. The first-order chi connectivity index (χ1) is 9.10. The van der Waals surface area contributed by atoms with Gasteiger partial charge in [0.05, 0.1) is 5.69 Å². The first-order valence-corrected chi connectivity index (χ1v) is 6.30. The molecule has 3 N–H and O–H groups in total. The molecule has 0 saturated carbocycles. The van der Waals surface area contributed by atoms with Crippen molar-refractivity contribution >= 4 is 17.4 Å². The number of nitrogens with zero attached hydrogens (tertiary/aromatic N) is 1. The normalized spacial score (nSPS) is 10.3. The highest BCUT2D eigenvalue weighted by molar-refractivity contribution is 6.30. The van der Waals surface area contributed by atoms with Gasteiger partial charge in [0, 0.05) is 5.02 Å². The molecule has 100 valence electrons. The average molecular weight is 278 g/mol. The summed E-state index contributed by atoms with van der Waals surface area (Å²) >= 11 is 5.99. The summed E-state index contributed by atoms with van der Waals surface area (Å²) in [5.41, 5.74) is 5.35. The number of benzene rings is 1. The Morgan fingerprint density at radius 1 is 1.26 bits per heavy atom. The zero-order chi connectivity index (χ0) is 13.8. The molecular weight excluding hydrogens is 262 g/mol. The van der Waals surface area contributed by atoms with Gasteiger partial charge in [-0.25, -0.2) is 10.8 Å². The number of nitrogens with two attached hydrogens (primary N) is 1. The van der Waals surface area contributed by atoms with Gasteiger partial charge in [-0.2, -0.15) is 0 Å². The van der Waals surface area contributed by atoms with Crippen molar-refractivity contribution in [3.8, 4) is 5.75 Å². The van der Waals surface area contributed by atoms with Crippen LogP contribution in [0, 0.1) is 13.8 Å². The maximum atomic E-state index is 5.99. The molecule has 0 aliphatic rings. The second-order valence-corrected chi connectivity index (χ2v) is 4.75. The largest absolute Gasteiger partial charge is 0.487 e. The van der Waals surface area contributed by atoms with Gasteiger partial charge in [-0.3, -0.25) is 0 Å². The summed E-state index contributed by atoms with van der Waals surface area (Å²) in [7, 11) is 0. The molecule has 0 atom stereocenters. The SMILES string of the molecule is Cc1cc(Cl)cc(C)c1OCc1cccc(NN)n1. The maximum Gasteiger partial charge on any atom is 0.140 e. The summed E-state index contributed by atoms with van der Waals surface area (Å²) < 4.78 is 5.82. The quantitative estimate of drug-likeness (QED) is 0.665. The summed E-state index contributed by atoms with van der Waals surface area (Å²) in [6.45, 7) is 4.33. The second kappa shape index (κ2) is 5.91. The molecule has 0 radical (unpaired) electrons. The Morgan fingerprint density at radius 2 is 1.95 bits per heavy atom. The molecule has 19 heavy (non-hydrogen) atoms. The predicted molar refractivity (Wildman–Crippen MR) is 77.3 cm³/mol. The molecule has 1 heterocycles. The highest BCUT2D eigenvalue weighted by Gasteiger charge is 2.06. The smallest absolute Gasteiger partial charge is 0.140 e. The summed E-state index contributed by atoms with van der Waals surface area (Å²) in [5.74, 6) is 6.78. The summed E-state index contributed by atoms with van der Waals surface area (Å²) in [5, 5.41) is 0.717. The van der Waals surface area contributed by atoms with Crippen molar-refractivity contribution in [2.24, 2.45) is 5.84 Å². The molecule has 0 bridgehead atoms. The molecule has 1 aromatic carbocycles. The number of aromatic nitrogens is 1. The highest BCUT2D eigenvalue weighted by atomic mass is 35.5. The fourth-order valence-electron chi connectivity index (χ4n) is 1.91. The third-order valence-corrected chi connectivity index (χ3v) is 2.96. The second-order valence-electron chi connectivity index (χ2n) is 4.32. The van der Waals surface area contributed by atoms with E-state index in [4.69, 9.17) is 22.2 Å². The molecular formula is C14H16ClN3O. The fraction of sp³-hybridized carbons (Fsp3) is 0.214. The van der Waals surface area contributed by atoms with Crippen LogP contribution in [0.5, 0.6) is 5.75 Å². The van der Waals surface area contributed by atoms with Crippen LogP contribution in [-0.2, 0) is 6.61 Å². The fourth-order valence-corrected chi connectivity index (χ4v) is 2.24. The third-order valence-electron chi connectivity index (χ3n) is 2.74. The number of halogens is 1. The Labute approximate surface area is 117 Å². The van der Waals surface area contributed by atoms with E-state index in [2.05, 4.69) is 10.4 Å². The molecule has 0 aliphatic carbocycles. The molecule has 0 unspecified atom stereocenters. The van der Waals surface area contributed by atoms with Gasteiger partial charge >= 0.3 is 0 Å². The van der Waals surface area contributed by atoms with Crippen LogP contribution in [0.3, 0.4) is 0 Å². The number of ether oxygens (including phenoxy) is 1. The van der Waals surface area contributed by atoms with E-state index in [-0.39, 0.29) is 0 Å². The number of rotatable bonds is 4. The van der Waals surface area contributed by atoms with Crippen molar-refractivity contribution in [2.75, 3.05) is 5.43 Å². The van der Waals surface area contributed by atoms with Crippen molar-refractivity contribution in [3.63, 3.8) is 0 Å². The van der Waals surface area contributed by atoms with Crippen molar-refractivity contribution in [3.05, 3.63) is 52.2 Å². The van der Waals surface area contributed by atoms with Gasteiger partial charge in [-0.1, -0.05) is 17.7 Å². The van der Waals surface area contributed by atoms with Gasteiger partial charge in [0.25, 0.3) is 0 Å². The number of anilines is 1. The van der Waals surface area contributed by atoms with Gasteiger partial charge in [0.1, 0.15) is 18.2 Å². The van der Waals surface area contributed by atoms with Crippen molar-refractivity contribution in [1.29, 1.82) is 0 Å². The van der Waals surface area contributed by atoms with Gasteiger partial charge in [0.2, 0.25) is 0 Å². The van der Waals surface area contributed by atoms with Crippen LogP contribution in [0.2, 0.25) is 5.02 Å². The van der Waals surface area contributed by atoms with Crippen LogP contribution in [0.25, 0.3) is 0 Å². The zero-order valence-electron chi connectivity index (χ0n) is 10.9. The van der Waals surface area contributed by atoms with Crippen LogP contribution >= 0.6 is 11.6 Å². The Bertz CT molecular complexity index is 564. The van der Waals surface area contributed by atoms with E-state index in [9.17, 15) is 0 Å². The standard InChI is InChI=1S/C14H16ClN3O/c1-9-6-11(15)7-10(2)14(9)19-8-12-4-3-5-13(17-12)18-16/h3-7H,8,16H2,1-2H3,(H,17,18). The Hall–Kier alpha value is -1.78. The monoisotopic (exact) mass is 277 g/mol. The van der Waals surface area contributed by atoms with E-state index in [1.165, 1.54) is 0 Å². The third kappa shape index (κ3) is 3.36. The maximum absolute atomic E-state index is 5.99. The lowest BCUT2D eigenvalue weighted by atomic mass is 10.1. The van der Waals surface area contributed by atoms with Gasteiger partial charge in [0.15, 0.2) is 0 Å². The minimum atomic E-state index is 0.388. The van der Waals surface area contributed by atoms with Gasteiger partial charge < -0.3 is 10.2 Å². The van der Waals surface area contributed by atoms with E-state index in [1.807, 2.05) is 38.1 Å². The van der Waals surface area contributed by atoms with Gasteiger partial charge in [-0.15, -0.1) is 0 Å². The lowest BCUT2D eigenvalue weighted by Crippen LogP contribution is -2.10. The molecule has 0 saturated heterocycles. The van der Waals surface area contributed by atoms with E-state index in [0.29, 0.717) is 12.4 Å². The molecule has 1 aromatic heterocycles. The Morgan fingerprint density at radius 3 is 2.58 bits per heavy atom. The first kappa shape index (κ1) is 13.6. The van der Waals surface area contributed by atoms with Crippen molar-refractivity contribution < 1.29 is 4.74 Å². The highest BCUT2D eigenvalue weighted by Crippen LogP contribution is 2.27. The summed E-state index contributed by atoms with van der Waals surface area (Å²) in [4.78, 5) is 4.30. The summed E-state index contributed by atoms with van der Waals surface area (Å²) in [6.07, 6.45) is 0. The molecule has 2 aromatic rings.